The van der Waals surface area contributed by atoms with Crippen LogP contribution in [-0.4, -0.2) is 25.0 Å². The molecule has 0 saturated heterocycles. The second-order valence-electron chi connectivity index (χ2n) is 3.97. The summed E-state index contributed by atoms with van der Waals surface area (Å²) in [6, 6.07) is 9.24. The first kappa shape index (κ1) is 10.8. The van der Waals surface area contributed by atoms with Gasteiger partial charge in [0.05, 0.1) is 19.8 Å². The summed E-state index contributed by atoms with van der Waals surface area (Å²) in [5.41, 5.74) is 2.91. The molecule has 0 unspecified atom stereocenters. The number of ketones is 1. The summed E-state index contributed by atoms with van der Waals surface area (Å²) in [6.07, 6.45) is 0. The van der Waals surface area contributed by atoms with Gasteiger partial charge in [-0.1, -0.05) is 24.3 Å². The van der Waals surface area contributed by atoms with E-state index in [9.17, 15) is 4.79 Å². The maximum atomic E-state index is 12.3. The van der Waals surface area contributed by atoms with E-state index in [1.807, 2.05) is 24.3 Å². The Bertz CT molecular complexity index is 649. The normalized spacial score (nSPS) is 12.0. The molecular formula is C14H11NO3. The molecule has 1 aromatic heterocycles. The van der Waals surface area contributed by atoms with Crippen molar-refractivity contribution in [2.45, 2.75) is 0 Å². The molecule has 0 amide bonds. The van der Waals surface area contributed by atoms with Gasteiger partial charge in [0.2, 0.25) is 11.8 Å². The first-order valence-electron chi connectivity index (χ1n) is 5.53. The molecule has 3 rings (SSSR count). The molecule has 0 fully saturated rings. The van der Waals surface area contributed by atoms with Crippen molar-refractivity contribution in [2.24, 2.45) is 0 Å². The standard InChI is InChI=1S/C14H11NO3/c1-17-11-7-10-8-5-3-4-6-9(8)13(16)12(10)14(15-11)18-2/h3-7H,1-2H3. The molecule has 0 bridgehead atoms. The fourth-order valence-electron chi connectivity index (χ4n) is 2.23. The van der Waals surface area contributed by atoms with E-state index in [0.29, 0.717) is 22.9 Å². The molecule has 90 valence electrons. The predicted molar refractivity (Wildman–Crippen MR) is 66.2 cm³/mol. The monoisotopic (exact) mass is 241 g/mol. The Kier molecular flexibility index (Phi) is 2.30. The van der Waals surface area contributed by atoms with Crippen molar-refractivity contribution in [3.05, 3.63) is 41.5 Å². The molecule has 0 atom stereocenters. The summed E-state index contributed by atoms with van der Waals surface area (Å²) in [7, 11) is 3.04. The van der Waals surface area contributed by atoms with Crippen LogP contribution in [0, 0.1) is 0 Å². The highest BCUT2D eigenvalue weighted by Gasteiger charge is 2.31. The van der Waals surface area contributed by atoms with Crippen LogP contribution >= 0.6 is 0 Å². The quantitative estimate of drug-likeness (QED) is 0.690. The zero-order valence-corrected chi connectivity index (χ0v) is 10.1. The van der Waals surface area contributed by atoms with Crippen LogP contribution in [0.3, 0.4) is 0 Å². The van der Waals surface area contributed by atoms with E-state index in [2.05, 4.69) is 4.98 Å². The van der Waals surface area contributed by atoms with Crippen LogP contribution in [0.2, 0.25) is 0 Å². The van der Waals surface area contributed by atoms with E-state index in [1.165, 1.54) is 14.2 Å². The van der Waals surface area contributed by atoms with E-state index in [1.54, 1.807) is 6.07 Å². The number of benzene rings is 1. The lowest BCUT2D eigenvalue weighted by atomic mass is 10.1. The first-order chi connectivity index (χ1) is 8.76. The lowest BCUT2D eigenvalue weighted by molar-refractivity contribution is 0.104. The zero-order chi connectivity index (χ0) is 12.7. The topological polar surface area (TPSA) is 48.4 Å². The molecule has 4 heteroatoms. The zero-order valence-electron chi connectivity index (χ0n) is 10.1. The van der Waals surface area contributed by atoms with Crippen LogP contribution in [0.15, 0.2) is 30.3 Å². The minimum absolute atomic E-state index is 0.0485. The van der Waals surface area contributed by atoms with Gasteiger partial charge in [-0.05, 0) is 5.56 Å². The third-order valence-electron chi connectivity index (χ3n) is 3.05. The summed E-state index contributed by atoms with van der Waals surface area (Å²) in [4.78, 5) is 16.5. The highest BCUT2D eigenvalue weighted by molar-refractivity contribution is 6.22. The van der Waals surface area contributed by atoms with Crippen molar-refractivity contribution in [1.82, 2.24) is 4.98 Å². The summed E-state index contributed by atoms with van der Waals surface area (Å²) in [5, 5.41) is 0. The van der Waals surface area contributed by atoms with Crippen molar-refractivity contribution in [3.8, 4) is 22.9 Å². The number of carbonyl (C=O) groups excluding carboxylic acids is 1. The summed E-state index contributed by atoms with van der Waals surface area (Å²) in [5.74, 6) is 0.702. The highest BCUT2D eigenvalue weighted by Crippen LogP contribution is 2.41. The van der Waals surface area contributed by atoms with E-state index in [-0.39, 0.29) is 5.78 Å². The average Bonchev–Trinajstić information content (AvgIpc) is 2.72. The number of rotatable bonds is 2. The van der Waals surface area contributed by atoms with E-state index in [0.717, 1.165) is 11.1 Å². The van der Waals surface area contributed by atoms with Crippen LogP contribution in [0.25, 0.3) is 11.1 Å². The molecule has 1 aromatic carbocycles. The molecule has 0 spiro atoms. The van der Waals surface area contributed by atoms with Crippen LogP contribution in [-0.2, 0) is 0 Å². The minimum Gasteiger partial charge on any atom is -0.481 e. The second kappa shape index (κ2) is 3.84. The molecular weight excluding hydrogens is 230 g/mol. The van der Waals surface area contributed by atoms with E-state index >= 15 is 0 Å². The lowest BCUT2D eigenvalue weighted by Crippen LogP contribution is -2.02. The fraction of sp³-hybridized carbons (Fsp3) is 0.143. The van der Waals surface area contributed by atoms with Crippen molar-refractivity contribution in [3.63, 3.8) is 0 Å². The van der Waals surface area contributed by atoms with Gasteiger partial charge in [0.1, 0.15) is 0 Å². The SMILES string of the molecule is COc1cc2c(c(OC)n1)C(=O)c1ccccc1-2. The number of pyridine rings is 1. The van der Waals surface area contributed by atoms with Gasteiger partial charge >= 0.3 is 0 Å². The Morgan fingerprint density at radius 2 is 1.72 bits per heavy atom. The molecule has 18 heavy (non-hydrogen) atoms. The summed E-state index contributed by atoms with van der Waals surface area (Å²) < 4.78 is 10.3. The smallest absolute Gasteiger partial charge is 0.228 e. The molecule has 0 aliphatic heterocycles. The summed E-state index contributed by atoms with van der Waals surface area (Å²) in [6.45, 7) is 0. The van der Waals surface area contributed by atoms with Gasteiger partial charge in [0.25, 0.3) is 0 Å². The van der Waals surface area contributed by atoms with Crippen molar-refractivity contribution < 1.29 is 14.3 Å². The molecule has 1 heterocycles. The minimum atomic E-state index is -0.0485. The fourth-order valence-corrected chi connectivity index (χ4v) is 2.23. The molecule has 4 nitrogen and oxygen atoms in total. The largest absolute Gasteiger partial charge is 0.481 e. The molecule has 1 aliphatic rings. The number of fused-ring (bicyclic) bond motifs is 3. The number of carbonyl (C=O) groups is 1. The summed E-state index contributed by atoms with van der Waals surface area (Å²) >= 11 is 0. The highest BCUT2D eigenvalue weighted by atomic mass is 16.5. The molecule has 1 aliphatic carbocycles. The molecule has 0 radical (unpaired) electrons. The number of nitrogens with zero attached hydrogens (tertiary/aromatic N) is 1. The van der Waals surface area contributed by atoms with Gasteiger partial charge < -0.3 is 9.47 Å². The molecule has 2 aromatic rings. The van der Waals surface area contributed by atoms with Gasteiger partial charge in [-0.2, -0.15) is 4.98 Å². The van der Waals surface area contributed by atoms with Gasteiger partial charge in [0.15, 0.2) is 5.78 Å². The van der Waals surface area contributed by atoms with E-state index in [4.69, 9.17) is 9.47 Å². The lowest BCUT2D eigenvalue weighted by Gasteiger charge is -2.07. The molecule has 0 saturated carbocycles. The third kappa shape index (κ3) is 1.32. The number of ether oxygens (including phenoxy) is 2. The van der Waals surface area contributed by atoms with Gasteiger partial charge in [-0.25, -0.2) is 0 Å². The maximum absolute atomic E-state index is 12.3. The van der Waals surface area contributed by atoms with E-state index < -0.39 is 0 Å². The average molecular weight is 241 g/mol. The van der Waals surface area contributed by atoms with Crippen LogP contribution in [0.4, 0.5) is 0 Å². The Morgan fingerprint density at radius 3 is 2.39 bits per heavy atom. The Hall–Kier alpha value is -2.36. The molecule has 0 N–H and O–H groups in total. The third-order valence-corrected chi connectivity index (χ3v) is 3.05. The Morgan fingerprint density at radius 1 is 1.00 bits per heavy atom. The van der Waals surface area contributed by atoms with Crippen LogP contribution in [0.1, 0.15) is 15.9 Å². The van der Waals surface area contributed by atoms with Gasteiger partial charge in [-0.3, -0.25) is 4.79 Å². The predicted octanol–water partition coefficient (Wildman–Crippen LogP) is 2.31. The second-order valence-corrected chi connectivity index (χ2v) is 3.97. The van der Waals surface area contributed by atoms with Gasteiger partial charge in [-0.15, -0.1) is 0 Å². The van der Waals surface area contributed by atoms with Crippen molar-refractivity contribution in [1.29, 1.82) is 0 Å². The number of aromatic nitrogens is 1. The van der Waals surface area contributed by atoms with Crippen LogP contribution < -0.4 is 9.47 Å². The maximum Gasteiger partial charge on any atom is 0.228 e. The van der Waals surface area contributed by atoms with Crippen LogP contribution in [0.5, 0.6) is 11.8 Å². The Balaban J connectivity index is 2.34. The number of hydrogen-bond donors (Lipinski definition) is 0. The number of hydrogen-bond acceptors (Lipinski definition) is 4. The number of methoxy groups -OCH3 is 2. The Labute approximate surface area is 104 Å². The van der Waals surface area contributed by atoms with Gasteiger partial charge in [0, 0.05) is 17.2 Å². The van der Waals surface area contributed by atoms with Crippen molar-refractivity contribution in [2.75, 3.05) is 14.2 Å². The van der Waals surface area contributed by atoms with Crippen molar-refractivity contribution >= 4 is 5.78 Å². The first-order valence-corrected chi connectivity index (χ1v) is 5.53.